The number of hydrogen-bond donors (Lipinski definition) is 3. The summed E-state index contributed by atoms with van der Waals surface area (Å²) in [5, 5.41) is 0. The van der Waals surface area contributed by atoms with Crippen LogP contribution in [0.4, 0.5) is 5.69 Å². The zero-order valence-corrected chi connectivity index (χ0v) is 13.9. The number of nitrogens with one attached hydrogen (secondary N) is 2. The normalized spacial score (nSPS) is 12.5. The molecule has 120 valence electrons. The Morgan fingerprint density at radius 2 is 1.62 bits per heavy atom. The van der Waals surface area contributed by atoms with Crippen molar-refractivity contribution in [3.05, 3.63) is 23.3 Å². The predicted octanol–water partition coefficient (Wildman–Crippen LogP) is 0.103. The number of sulfonamides is 2. The molecule has 9 heteroatoms. The molecule has 21 heavy (non-hydrogen) atoms. The van der Waals surface area contributed by atoms with Crippen molar-refractivity contribution >= 4 is 25.7 Å². The van der Waals surface area contributed by atoms with Crippen LogP contribution in [0.5, 0.6) is 0 Å². The van der Waals surface area contributed by atoms with Crippen LogP contribution in [0.25, 0.3) is 0 Å². The number of benzene rings is 1. The van der Waals surface area contributed by atoms with E-state index in [-0.39, 0.29) is 29.4 Å². The van der Waals surface area contributed by atoms with E-state index in [1.165, 1.54) is 6.07 Å². The van der Waals surface area contributed by atoms with Gasteiger partial charge in [0.25, 0.3) is 0 Å². The second-order valence-corrected chi connectivity index (χ2v) is 8.35. The van der Waals surface area contributed by atoms with Crippen molar-refractivity contribution in [3.63, 3.8) is 0 Å². The minimum atomic E-state index is -3.83. The Bertz CT molecular complexity index is 712. The third kappa shape index (κ3) is 4.95. The summed E-state index contributed by atoms with van der Waals surface area (Å²) in [6.07, 6.45) is 0. The van der Waals surface area contributed by atoms with Crippen molar-refractivity contribution in [2.75, 3.05) is 24.6 Å². The fourth-order valence-corrected chi connectivity index (χ4v) is 4.04. The molecular formula is C12H21N3O4S2. The van der Waals surface area contributed by atoms with Crippen molar-refractivity contribution in [3.8, 4) is 0 Å². The molecule has 0 heterocycles. The maximum absolute atomic E-state index is 12.2. The van der Waals surface area contributed by atoms with Gasteiger partial charge in [-0.15, -0.1) is 0 Å². The van der Waals surface area contributed by atoms with E-state index in [0.29, 0.717) is 0 Å². The standard InChI is InChI=1S/C12H21N3O4S2/c1-4-14-20(16,17)6-5-15-21(18,19)12-8-10(3)9(2)7-11(12)13/h7-8,14-15H,4-6,13H2,1-3H3. The van der Waals surface area contributed by atoms with Crippen LogP contribution in [-0.2, 0) is 20.0 Å². The van der Waals surface area contributed by atoms with E-state index in [2.05, 4.69) is 9.44 Å². The molecule has 0 aliphatic carbocycles. The molecule has 0 bridgehead atoms. The number of hydrogen-bond acceptors (Lipinski definition) is 5. The minimum absolute atomic E-state index is 0.0357. The van der Waals surface area contributed by atoms with Gasteiger partial charge in [0.1, 0.15) is 4.90 Å². The number of aryl methyl sites for hydroxylation is 2. The van der Waals surface area contributed by atoms with Crippen LogP contribution < -0.4 is 15.2 Å². The average Bonchev–Trinajstić information content (AvgIpc) is 2.32. The number of nitrogens with two attached hydrogens (primary N) is 1. The van der Waals surface area contributed by atoms with Crippen LogP contribution in [0, 0.1) is 13.8 Å². The molecule has 1 aromatic rings. The highest BCUT2D eigenvalue weighted by molar-refractivity contribution is 7.90. The SMILES string of the molecule is CCNS(=O)(=O)CCNS(=O)(=O)c1cc(C)c(C)cc1N. The lowest BCUT2D eigenvalue weighted by Gasteiger charge is -2.11. The van der Waals surface area contributed by atoms with Crippen LogP contribution in [-0.4, -0.2) is 35.7 Å². The van der Waals surface area contributed by atoms with Crippen molar-refractivity contribution in [2.45, 2.75) is 25.7 Å². The smallest absolute Gasteiger partial charge is 0.242 e. The van der Waals surface area contributed by atoms with Crippen molar-refractivity contribution in [1.82, 2.24) is 9.44 Å². The van der Waals surface area contributed by atoms with Crippen LogP contribution in [0.15, 0.2) is 17.0 Å². The molecule has 1 rings (SSSR count). The van der Waals surface area contributed by atoms with Crippen LogP contribution in [0.3, 0.4) is 0 Å². The lowest BCUT2D eigenvalue weighted by atomic mass is 10.1. The molecule has 0 saturated heterocycles. The fraction of sp³-hybridized carbons (Fsp3) is 0.500. The zero-order chi connectivity index (χ0) is 16.3. The van der Waals surface area contributed by atoms with Gasteiger partial charge >= 0.3 is 0 Å². The molecule has 7 nitrogen and oxygen atoms in total. The molecule has 0 aromatic heterocycles. The molecule has 0 fully saturated rings. The van der Waals surface area contributed by atoms with Gasteiger partial charge in [-0.05, 0) is 37.1 Å². The van der Waals surface area contributed by atoms with Gasteiger partial charge < -0.3 is 5.73 Å². The lowest BCUT2D eigenvalue weighted by molar-refractivity contribution is 0.577. The Kier molecular flexibility index (Phi) is 5.74. The summed E-state index contributed by atoms with van der Waals surface area (Å²) in [5.74, 6) is -0.329. The summed E-state index contributed by atoms with van der Waals surface area (Å²) < 4.78 is 51.7. The van der Waals surface area contributed by atoms with E-state index in [1.54, 1.807) is 19.9 Å². The first-order valence-electron chi connectivity index (χ1n) is 6.43. The van der Waals surface area contributed by atoms with Gasteiger partial charge in [-0.1, -0.05) is 6.92 Å². The van der Waals surface area contributed by atoms with Gasteiger partial charge in [-0.25, -0.2) is 26.3 Å². The van der Waals surface area contributed by atoms with Gasteiger partial charge in [0.2, 0.25) is 20.0 Å². The molecule has 0 atom stereocenters. The van der Waals surface area contributed by atoms with Crippen LogP contribution in [0.1, 0.15) is 18.1 Å². The summed E-state index contributed by atoms with van der Waals surface area (Å²) in [6, 6.07) is 3.06. The largest absolute Gasteiger partial charge is 0.398 e. The maximum Gasteiger partial charge on any atom is 0.242 e. The van der Waals surface area contributed by atoms with Crippen LogP contribution >= 0.6 is 0 Å². The van der Waals surface area contributed by atoms with E-state index in [9.17, 15) is 16.8 Å². The van der Waals surface area contributed by atoms with Crippen molar-refractivity contribution < 1.29 is 16.8 Å². The highest BCUT2D eigenvalue weighted by atomic mass is 32.2. The van der Waals surface area contributed by atoms with Crippen molar-refractivity contribution in [2.24, 2.45) is 0 Å². The Morgan fingerprint density at radius 1 is 1.05 bits per heavy atom. The van der Waals surface area contributed by atoms with Gasteiger partial charge in [0, 0.05) is 13.1 Å². The predicted molar refractivity (Wildman–Crippen MR) is 83.0 cm³/mol. The quantitative estimate of drug-likeness (QED) is 0.611. The molecule has 0 saturated carbocycles. The van der Waals surface area contributed by atoms with E-state index in [0.717, 1.165) is 11.1 Å². The van der Waals surface area contributed by atoms with E-state index >= 15 is 0 Å². The summed E-state index contributed by atoms with van der Waals surface area (Å²) >= 11 is 0. The van der Waals surface area contributed by atoms with E-state index in [1.807, 2.05) is 6.92 Å². The summed E-state index contributed by atoms with van der Waals surface area (Å²) in [4.78, 5) is -0.0357. The van der Waals surface area contributed by atoms with E-state index in [4.69, 9.17) is 5.73 Å². The molecule has 0 aliphatic heterocycles. The molecule has 4 N–H and O–H groups in total. The monoisotopic (exact) mass is 335 g/mol. The summed E-state index contributed by atoms with van der Waals surface area (Å²) in [5.41, 5.74) is 7.56. The molecule has 0 aliphatic rings. The second-order valence-electron chi connectivity index (χ2n) is 4.69. The Hall–Kier alpha value is -1.16. The summed E-state index contributed by atoms with van der Waals surface area (Å²) in [6.45, 7) is 5.31. The van der Waals surface area contributed by atoms with Gasteiger partial charge in [-0.2, -0.15) is 0 Å². The van der Waals surface area contributed by atoms with Gasteiger partial charge in [0.15, 0.2) is 0 Å². The average molecular weight is 335 g/mol. The molecule has 0 unspecified atom stereocenters. The molecule has 1 aromatic carbocycles. The summed E-state index contributed by atoms with van der Waals surface area (Å²) in [7, 11) is -7.30. The number of anilines is 1. The van der Waals surface area contributed by atoms with Gasteiger partial charge in [0.05, 0.1) is 11.4 Å². The minimum Gasteiger partial charge on any atom is -0.398 e. The Morgan fingerprint density at radius 3 is 2.19 bits per heavy atom. The second kappa shape index (κ2) is 6.73. The molecule has 0 amide bonds. The highest BCUT2D eigenvalue weighted by Gasteiger charge is 2.19. The molecule has 0 radical (unpaired) electrons. The first-order valence-corrected chi connectivity index (χ1v) is 9.56. The maximum atomic E-state index is 12.2. The molecule has 0 spiro atoms. The van der Waals surface area contributed by atoms with E-state index < -0.39 is 20.0 Å². The van der Waals surface area contributed by atoms with Crippen LogP contribution in [0.2, 0.25) is 0 Å². The third-order valence-corrected chi connectivity index (χ3v) is 5.93. The third-order valence-electron chi connectivity index (χ3n) is 2.94. The van der Waals surface area contributed by atoms with Crippen molar-refractivity contribution in [1.29, 1.82) is 0 Å². The first kappa shape index (κ1) is 17.9. The molecular weight excluding hydrogens is 314 g/mol. The highest BCUT2D eigenvalue weighted by Crippen LogP contribution is 2.22. The Balaban J connectivity index is 2.86. The number of rotatable bonds is 7. The topological polar surface area (TPSA) is 118 Å². The first-order chi connectivity index (χ1) is 9.59. The fourth-order valence-electron chi connectivity index (χ4n) is 1.72. The lowest BCUT2D eigenvalue weighted by Crippen LogP contribution is -2.34. The zero-order valence-electron chi connectivity index (χ0n) is 12.3. The van der Waals surface area contributed by atoms with Gasteiger partial charge in [-0.3, -0.25) is 0 Å². The Labute approximate surface area is 126 Å². The number of nitrogen functional groups attached to an aromatic ring is 1.